The molecule has 29 nitrogen and oxygen atoms in total. The standard InChI is InChI=1S/C23H21FN2O6.C22H21FN2O4.C19H15N3O2.C19H18N2O2.C17H13FN2O2.C16H15FN2/c1-2-21(27)30-13-14-31-22(28)11-12-23(29)32-20-9-5-18(6-10-20)16-26-25-15-17-3-7-19(24)8-4-17;1-2-21(26)28-13-3-4-14-29-22(27)19-9-5-17(6-10-19)15-24-25-16-18-7-11-20(23)12-8-18;1-4-19(23)24-18-10-7-16(11-14(18)2)13-22-21-12-15-5-8-17(20-3)9-6-15;1-3-15-5-7-16(8-6-15)13-20-21-14-17-9-11-18(12-10-17)23-19(22)4-2;1-2-17(21)22-16-9-5-14(6-10-16)12-20-19-11-13-3-7-15(18)8-4-13;1-2-13-3-5-14(6-4-13)11-18-19-12-15-7-9-16(17)10-8-15/h2-10,15-16H,1,11-14H2;2,5-12,15-16H,1,3-4,13-14H2;4-13H,1H2,2H3;4-14H,2-3H2,1H3;2-12H,1H2;3-12H,2H2,1H3/b25-15+,26-16+;24-15+,25-16+;21-12+,22-13+;20-13+,21-14+;19-11+,20-12+;18-11+,19-12+. The first-order valence-electron chi connectivity index (χ1n) is 45.5. The van der Waals surface area contributed by atoms with E-state index in [4.69, 9.17) is 39.7 Å². The molecule has 0 saturated heterocycles. The van der Waals surface area contributed by atoms with Crippen LogP contribution in [0.5, 0.6) is 23.0 Å². The SMILES string of the molecule is C=CC(=O)OCCCCOC(=O)c1ccc(/C=N/N=C/c2ccc(F)cc2)cc1.C=CC(=O)OCCOC(=O)CCC(=O)Oc1ccc(/C=N/N=C/c2ccc(F)cc2)cc1.C=CC(=O)Oc1ccc(/C=N/N=C/c2ccc(CC)cc2)cc1.C=CC(=O)Oc1ccc(/C=N/N=C/c2ccc(F)cc2)cc1.CCc1ccc(/C=N/N=C/c2ccc(F)cc2)cc1.[C-]#[N+]c1ccc(/C=N/N=C/c2ccc(OC(=O)C=C)c(C)c2)cc1. The lowest BCUT2D eigenvalue weighted by Gasteiger charge is -2.06. The molecule has 0 heterocycles. The Labute approximate surface area is 859 Å². The van der Waals surface area contributed by atoms with Crippen molar-refractivity contribution in [3.63, 3.8) is 0 Å². The van der Waals surface area contributed by atoms with Gasteiger partial charge in [0.05, 0.1) is 113 Å². The maximum absolute atomic E-state index is 12.8. The second kappa shape index (κ2) is 68.5. The quantitative estimate of drug-likeness (QED) is 0.00395. The molecule has 12 rings (SSSR count). The molecule has 0 radical (unpaired) electrons. The van der Waals surface area contributed by atoms with E-state index in [9.17, 15) is 55.9 Å². The summed E-state index contributed by atoms with van der Waals surface area (Å²) in [5, 5.41) is 47.3. The molecular weight excluding hydrogens is 1910 g/mol. The van der Waals surface area contributed by atoms with E-state index in [1.54, 1.807) is 232 Å². The van der Waals surface area contributed by atoms with Gasteiger partial charge in [-0.25, -0.2) is 51.2 Å². The summed E-state index contributed by atoms with van der Waals surface area (Å²) >= 11 is 0. The van der Waals surface area contributed by atoms with E-state index in [-0.39, 0.29) is 62.5 Å². The van der Waals surface area contributed by atoms with Gasteiger partial charge in [0.25, 0.3) is 0 Å². The third-order valence-corrected chi connectivity index (χ3v) is 19.0. The van der Waals surface area contributed by atoms with Crippen molar-refractivity contribution in [2.75, 3.05) is 26.4 Å². The maximum atomic E-state index is 12.8. The van der Waals surface area contributed by atoms with E-state index in [2.05, 4.69) is 142 Å². The van der Waals surface area contributed by atoms with Gasteiger partial charge in [0.1, 0.15) is 59.5 Å². The van der Waals surface area contributed by atoms with Crippen molar-refractivity contribution in [1.82, 2.24) is 0 Å². The van der Waals surface area contributed by atoms with E-state index in [1.807, 2.05) is 37.3 Å². The molecule has 0 aliphatic carbocycles. The van der Waals surface area contributed by atoms with Crippen molar-refractivity contribution in [2.45, 2.75) is 59.3 Å². The van der Waals surface area contributed by atoms with Crippen molar-refractivity contribution in [2.24, 2.45) is 61.2 Å². The average Bonchev–Trinajstić information content (AvgIpc) is 0.861. The average molecular weight is 2010 g/mol. The number of nitrogens with zero attached hydrogens (tertiary/aromatic N) is 13. The summed E-state index contributed by atoms with van der Waals surface area (Å²) in [6, 6.07) is 79.5. The zero-order valence-corrected chi connectivity index (χ0v) is 81.4. The van der Waals surface area contributed by atoms with Crippen LogP contribution in [-0.4, -0.2) is 149 Å². The predicted octanol–water partition coefficient (Wildman–Crippen LogP) is 22.3. The fraction of sp³-hybridized carbons (Fsp3) is 0.112. The molecule has 0 fully saturated rings. The number of carbonyl (C=O) groups excluding carboxylic acids is 8. The van der Waals surface area contributed by atoms with Gasteiger partial charge in [0.15, 0.2) is 5.69 Å². The summed E-state index contributed by atoms with van der Waals surface area (Å²) in [6.07, 6.45) is 27.3. The van der Waals surface area contributed by atoms with Crippen LogP contribution < -0.4 is 18.9 Å². The number of aryl methyl sites for hydroxylation is 3. The van der Waals surface area contributed by atoms with Crippen LogP contribution in [0.4, 0.5) is 23.2 Å². The number of benzene rings is 12. The molecule has 0 amide bonds. The molecule has 0 unspecified atom stereocenters. The highest BCUT2D eigenvalue weighted by Crippen LogP contribution is 2.21. The van der Waals surface area contributed by atoms with Gasteiger partial charge >= 0.3 is 47.8 Å². The lowest BCUT2D eigenvalue weighted by Crippen LogP contribution is -2.15. The van der Waals surface area contributed by atoms with Crippen LogP contribution in [0.3, 0.4) is 0 Å². The third kappa shape index (κ3) is 50.0. The molecule has 0 atom stereocenters. The van der Waals surface area contributed by atoms with Crippen molar-refractivity contribution in [3.05, 3.63) is 472 Å². The van der Waals surface area contributed by atoms with Gasteiger partial charge in [-0.3, -0.25) is 9.59 Å². The van der Waals surface area contributed by atoms with Crippen LogP contribution in [0, 0.1) is 36.8 Å². The van der Waals surface area contributed by atoms with Crippen LogP contribution >= 0.6 is 0 Å². The fourth-order valence-electron chi connectivity index (χ4n) is 11.1. The van der Waals surface area contributed by atoms with E-state index >= 15 is 0 Å². The molecule has 0 bridgehead atoms. The van der Waals surface area contributed by atoms with Crippen LogP contribution in [0.2, 0.25) is 0 Å². The molecule has 12 aromatic carbocycles. The summed E-state index contributed by atoms with van der Waals surface area (Å²) in [6.45, 7) is 29.9. The molecule has 149 heavy (non-hydrogen) atoms. The molecule has 0 saturated carbocycles. The second-order valence-corrected chi connectivity index (χ2v) is 30.0. The Morgan fingerprint density at radius 3 is 0.832 bits per heavy atom. The van der Waals surface area contributed by atoms with Crippen molar-refractivity contribution >= 4 is 128 Å². The van der Waals surface area contributed by atoms with E-state index in [0.717, 1.165) is 110 Å². The predicted molar refractivity (Wildman–Crippen MR) is 573 cm³/mol. The van der Waals surface area contributed by atoms with E-state index in [1.165, 1.54) is 84.5 Å². The van der Waals surface area contributed by atoms with Crippen LogP contribution in [-0.2, 0) is 65.4 Å². The minimum Gasteiger partial charge on any atom is -0.463 e. The first-order chi connectivity index (χ1) is 72.3. The Balaban J connectivity index is 0.000000244. The first kappa shape index (κ1) is 116. The zero-order valence-electron chi connectivity index (χ0n) is 81.4. The molecule has 756 valence electrons. The lowest BCUT2D eigenvalue weighted by atomic mass is 10.1. The summed E-state index contributed by atoms with van der Waals surface area (Å²) in [4.78, 5) is 93.7. The fourth-order valence-corrected chi connectivity index (χ4v) is 11.1. The van der Waals surface area contributed by atoms with Gasteiger partial charge < -0.3 is 37.9 Å². The number of ether oxygens (including phenoxy) is 8. The Hall–Kier alpha value is -19.7. The molecule has 0 aliphatic rings. The van der Waals surface area contributed by atoms with Gasteiger partial charge in [0, 0.05) is 30.4 Å². The highest BCUT2D eigenvalue weighted by molar-refractivity contribution is 5.93. The molecule has 12 aromatic rings. The Morgan fingerprint density at radius 1 is 0.282 bits per heavy atom. The van der Waals surface area contributed by atoms with E-state index < -0.39 is 47.8 Å². The minimum atomic E-state index is -0.611. The topological polar surface area (TPSA) is 363 Å². The second-order valence-electron chi connectivity index (χ2n) is 30.0. The van der Waals surface area contributed by atoms with Crippen LogP contribution in [0.15, 0.2) is 410 Å². The highest BCUT2D eigenvalue weighted by atomic mass is 19.1. The number of hydrogen-bond donors (Lipinski definition) is 0. The minimum absolute atomic E-state index is 0.0890. The smallest absolute Gasteiger partial charge is 0.338 e. The van der Waals surface area contributed by atoms with Gasteiger partial charge in [-0.1, -0.05) is 180 Å². The van der Waals surface area contributed by atoms with Crippen molar-refractivity contribution in [3.8, 4) is 23.0 Å². The van der Waals surface area contributed by atoms with Gasteiger partial charge in [-0.15, -0.1) is 0 Å². The van der Waals surface area contributed by atoms with Gasteiger partial charge in [-0.05, 0) is 268 Å². The third-order valence-electron chi connectivity index (χ3n) is 19.0. The summed E-state index contributed by atoms with van der Waals surface area (Å²) in [5.41, 5.74) is 14.3. The number of esters is 8. The summed E-state index contributed by atoms with van der Waals surface area (Å²) < 4.78 is 90.7. The largest absolute Gasteiger partial charge is 0.463 e. The molecule has 0 spiro atoms. The number of hydrogen-bond acceptors (Lipinski definition) is 28. The lowest BCUT2D eigenvalue weighted by molar-refractivity contribution is -0.151. The Kier molecular flexibility index (Phi) is 53.5. The first-order valence-corrected chi connectivity index (χ1v) is 45.5. The molecule has 0 aliphatic heterocycles. The van der Waals surface area contributed by atoms with Crippen molar-refractivity contribution in [1.29, 1.82) is 0 Å². The van der Waals surface area contributed by atoms with Crippen LogP contribution in [0.25, 0.3) is 4.85 Å². The Bertz CT molecular complexity index is 6810. The normalized spacial score (nSPS) is 10.9. The van der Waals surface area contributed by atoms with Gasteiger partial charge in [0.2, 0.25) is 0 Å². The Morgan fingerprint density at radius 2 is 0.530 bits per heavy atom. The summed E-state index contributed by atoms with van der Waals surface area (Å²) in [5.74, 6) is -3.67. The van der Waals surface area contributed by atoms with Crippen molar-refractivity contribution < 1.29 is 93.8 Å². The molecular formula is C116H103F4N13O16. The van der Waals surface area contributed by atoms with Gasteiger partial charge in [-0.2, -0.15) is 61.2 Å². The number of carbonyl (C=O) groups is 8. The highest BCUT2D eigenvalue weighted by Gasteiger charge is 2.13. The number of rotatable bonds is 41. The van der Waals surface area contributed by atoms with Crippen LogP contribution in [0.1, 0.15) is 133 Å². The van der Waals surface area contributed by atoms with E-state index in [0.29, 0.717) is 52.7 Å². The molecule has 33 heteroatoms. The number of halogens is 4. The number of unbranched alkanes of at least 4 members (excludes halogenated alkanes) is 1. The molecule has 0 aromatic heterocycles. The summed E-state index contributed by atoms with van der Waals surface area (Å²) in [7, 11) is 0. The molecule has 0 N–H and O–H groups in total. The monoisotopic (exact) mass is 2010 g/mol. The maximum Gasteiger partial charge on any atom is 0.338 e. The zero-order chi connectivity index (χ0) is 107.